The fourth-order valence-corrected chi connectivity index (χ4v) is 2.87. The molecule has 1 atom stereocenters. The number of carbonyl (C=O) groups is 2. The molecule has 0 aromatic carbocycles. The van der Waals surface area contributed by atoms with Crippen LogP contribution in [0.2, 0.25) is 0 Å². The van der Waals surface area contributed by atoms with Crippen molar-refractivity contribution in [2.75, 3.05) is 33.4 Å². The second kappa shape index (κ2) is 7.83. The standard InChI is InChI=1S/C15H19BrFN3O3/c1-23-6-4-19-14(22)15(17)3-2-5-20(10-15)13(21)11-7-12(16)9-18-8-11/h7-9H,2-6,10H2,1H3,(H,19,22). The van der Waals surface area contributed by atoms with Crippen molar-refractivity contribution in [3.8, 4) is 0 Å². The summed E-state index contributed by atoms with van der Waals surface area (Å²) in [6, 6.07) is 1.63. The third-order valence-electron chi connectivity index (χ3n) is 3.68. The maximum absolute atomic E-state index is 14.9. The molecule has 2 amide bonds. The molecular weight excluding hydrogens is 369 g/mol. The lowest BCUT2D eigenvalue weighted by Gasteiger charge is -2.36. The van der Waals surface area contributed by atoms with Gasteiger partial charge in [-0.25, -0.2) is 4.39 Å². The number of likely N-dealkylation sites (tertiary alicyclic amines) is 1. The molecule has 1 aliphatic heterocycles. The van der Waals surface area contributed by atoms with Crippen molar-refractivity contribution < 1.29 is 18.7 Å². The van der Waals surface area contributed by atoms with Gasteiger partial charge in [0.25, 0.3) is 11.8 Å². The molecule has 1 aromatic rings. The lowest BCUT2D eigenvalue weighted by Crippen LogP contribution is -2.56. The maximum atomic E-state index is 14.9. The molecule has 8 heteroatoms. The van der Waals surface area contributed by atoms with Gasteiger partial charge in [-0.15, -0.1) is 0 Å². The molecule has 126 valence electrons. The van der Waals surface area contributed by atoms with E-state index in [0.29, 0.717) is 29.6 Å². The first-order valence-electron chi connectivity index (χ1n) is 7.32. The van der Waals surface area contributed by atoms with E-state index in [9.17, 15) is 14.0 Å². The Bertz CT molecular complexity index is 587. The number of nitrogens with one attached hydrogen (secondary N) is 1. The minimum atomic E-state index is -2.07. The van der Waals surface area contributed by atoms with E-state index >= 15 is 0 Å². The number of pyridine rings is 1. The number of methoxy groups -OCH3 is 1. The Morgan fingerprint density at radius 2 is 2.30 bits per heavy atom. The summed E-state index contributed by atoms with van der Waals surface area (Å²) in [6.45, 7) is 0.720. The quantitative estimate of drug-likeness (QED) is 0.778. The van der Waals surface area contributed by atoms with Crippen LogP contribution in [-0.4, -0.2) is 60.7 Å². The number of hydrogen-bond acceptors (Lipinski definition) is 4. The van der Waals surface area contributed by atoms with Gasteiger partial charge in [0.1, 0.15) is 0 Å². The van der Waals surface area contributed by atoms with E-state index in [4.69, 9.17) is 4.74 Å². The van der Waals surface area contributed by atoms with E-state index in [1.54, 1.807) is 12.3 Å². The highest BCUT2D eigenvalue weighted by atomic mass is 79.9. The van der Waals surface area contributed by atoms with Crippen LogP contribution in [0.15, 0.2) is 22.9 Å². The number of carbonyl (C=O) groups excluding carboxylic acids is 2. The van der Waals surface area contributed by atoms with Gasteiger partial charge in [0.15, 0.2) is 0 Å². The zero-order valence-corrected chi connectivity index (χ0v) is 14.4. The van der Waals surface area contributed by atoms with Crippen LogP contribution >= 0.6 is 15.9 Å². The molecule has 2 heterocycles. The van der Waals surface area contributed by atoms with Crippen molar-refractivity contribution in [1.82, 2.24) is 15.2 Å². The average Bonchev–Trinajstić information content (AvgIpc) is 2.54. The summed E-state index contributed by atoms with van der Waals surface area (Å²) in [7, 11) is 1.50. The van der Waals surface area contributed by atoms with Crippen LogP contribution in [0.5, 0.6) is 0 Å². The third-order valence-corrected chi connectivity index (χ3v) is 4.11. The molecule has 6 nitrogen and oxygen atoms in total. The number of alkyl halides is 1. The van der Waals surface area contributed by atoms with Gasteiger partial charge in [0.2, 0.25) is 5.67 Å². The summed E-state index contributed by atoms with van der Waals surface area (Å²) in [4.78, 5) is 29.8. The molecule has 1 saturated heterocycles. The highest BCUT2D eigenvalue weighted by Crippen LogP contribution is 2.27. The average molecular weight is 388 g/mol. The molecule has 0 radical (unpaired) electrons. The highest BCUT2D eigenvalue weighted by molar-refractivity contribution is 9.10. The van der Waals surface area contributed by atoms with Crippen LogP contribution in [0.25, 0.3) is 0 Å². The molecule has 0 aliphatic carbocycles. The van der Waals surface area contributed by atoms with E-state index in [-0.39, 0.29) is 25.4 Å². The monoisotopic (exact) mass is 387 g/mol. The van der Waals surface area contributed by atoms with Crippen molar-refractivity contribution in [2.45, 2.75) is 18.5 Å². The number of rotatable bonds is 5. The normalized spacial score (nSPS) is 21.1. The Morgan fingerprint density at radius 1 is 1.52 bits per heavy atom. The van der Waals surface area contributed by atoms with Gasteiger partial charge in [-0.2, -0.15) is 0 Å². The van der Waals surface area contributed by atoms with Crippen molar-refractivity contribution in [3.05, 3.63) is 28.5 Å². The number of nitrogens with zero attached hydrogens (tertiary/aromatic N) is 2. The number of halogens is 2. The molecule has 0 bridgehead atoms. The van der Waals surface area contributed by atoms with Crippen LogP contribution in [0.4, 0.5) is 4.39 Å². The summed E-state index contributed by atoms with van der Waals surface area (Å²) in [5, 5.41) is 2.51. The summed E-state index contributed by atoms with van der Waals surface area (Å²) < 4.78 is 20.4. The number of piperidine rings is 1. The van der Waals surface area contributed by atoms with Gasteiger partial charge in [0, 0.05) is 37.1 Å². The fraction of sp³-hybridized carbons (Fsp3) is 0.533. The van der Waals surface area contributed by atoms with Gasteiger partial charge in [-0.05, 0) is 34.8 Å². The molecule has 1 unspecified atom stereocenters. The zero-order chi connectivity index (χ0) is 16.9. The Kier molecular flexibility index (Phi) is 6.06. The van der Waals surface area contributed by atoms with E-state index in [0.717, 1.165) is 0 Å². The third kappa shape index (κ3) is 4.48. The van der Waals surface area contributed by atoms with Crippen LogP contribution < -0.4 is 5.32 Å². The van der Waals surface area contributed by atoms with Crippen LogP contribution in [0, 0.1) is 0 Å². The molecule has 2 rings (SSSR count). The van der Waals surface area contributed by atoms with Crippen molar-refractivity contribution >= 4 is 27.7 Å². The van der Waals surface area contributed by atoms with Crippen LogP contribution in [0.1, 0.15) is 23.2 Å². The number of aromatic nitrogens is 1. The zero-order valence-electron chi connectivity index (χ0n) is 12.8. The van der Waals surface area contributed by atoms with Crippen molar-refractivity contribution in [1.29, 1.82) is 0 Å². The smallest absolute Gasteiger partial charge is 0.259 e. The number of ether oxygens (including phenoxy) is 1. The first kappa shape index (κ1) is 17.8. The van der Waals surface area contributed by atoms with Gasteiger partial charge in [0.05, 0.1) is 18.7 Å². The fourth-order valence-electron chi connectivity index (χ4n) is 2.51. The van der Waals surface area contributed by atoms with Gasteiger partial charge < -0.3 is 15.0 Å². The Hall–Kier alpha value is -1.54. The number of hydrogen-bond donors (Lipinski definition) is 1. The van der Waals surface area contributed by atoms with Crippen molar-refractivity contribution in [2.24, 2.45) is 0 Å². The van der Waals surface area contributed by atoms with Gasteiger partial charge in [-0.3, -0.25) is 14.6 Å². The second-order valence-corrected chi connectivity index (χ2v) is 6.35. The van der Waals surface area contributed by atoms with Gasteiger partial charge in [-0.1, -0.05) is 0 Å². The van der Waals surface area contributed by atoms with Crippen LogP contribution in [0.3, 0.4) is 0 Å². The minimum absolute atomic E-state index is 0.104. The lowest BCUT2D eigenvalue weighted by atomic mass is 9.93. The molecule has 0 spiro atoms. The molecule has 0 saturated carbocycles. The molecule has 1 aliphatic rings. The van der Waals surface area contributed by atoms with E-state index < -0.39 is 11.6 Å². The highest BCUT2D eigenvalue weighted by Gasteiger charge is 2.43. The lowest BCUT2D eigenvalue weighted by molar-refractivity contribution is -0.136. The summed E-state index contributed by atoms with van der Waals surface area (Å²) in [5.74, 6) is -1.02. The summed E-state index contributed by atoms with van der Waals surface area (Å²) >= 11 is 3.25. The van der Waals surface area contributed by atoms with Gasteiger partial charge >= 0.3 is 0 Å². The first-order chi connectivity index (χ1) is 11.0. The molecule has 1 aromatic heterocycles. The Labute approximate surface area is 142 Å². The molecular formula is C15H19BrFN3O3. The van der Waals surface area contributed by atoms with E-state index in [1.807, 2.05) is 0 Å². The predicted molar refractivity (Wildman–Crippen MR) is 85.8 cm³/mol. The van der Waals surface area contributed by atoms with E-state index in [1.165, 1.54) is 18.2 Å². The molecule has 23 heavy (non-hydrogen) atoms. The summed E-state index contributed by atoms with van der Waals surface area (Å²) in [5.41, 5.74) is -1.70. The largest absolute Gasteiger partial charge is 0.383 e. The second-order valence-electron chi connectivity index (χ2n) is 5.44. The predicted octanol–water partition coefficient (Wildman–Crippen LogP) is 1.55. The molecule has 1 fully saturated rings. The van der Waals surface area contributed by atoms with Crippen LogP contribution in [-0.2, 0) is 9.53 Å². The van der Waals surface area contributed by atoms with E-state index in [2.05, 4.69) is 26.2 Å². The minimum Gasteiger partial charge on any atom is -0.383 e. The summed E-state index contributed by atoms with van der Waals surface area (Å²) in [6.07, 6.45) is 3.53. The first-order valence-corrected chi connectivity index (χ1v) is 8.11. The maximum Gasteiger partial charge on any atom is 0.259 e. The topological polar surface area (TPSA) is 71.5 Å². The Morgan fingerprint density at radius 3 is 3.00 bits per heavy atom. The van der Waals surface area contributed by atoms with Crippen molar-refractivity contribution in [3.63, 3.8) is 0 Å². The Balaban J connectivity index is 2.04. The number of amides is 2. The SMILES string of the molecule is COCCNC(=O)C1(F)CCCN(C(=O)c2cncc(Br)c2)C1. The molecule has 1 N–H and O–H groups in total.